The monoisotopic (exact) mass is 414 g/mol. The quantitative estimate of drug-likeness (QED) is 0.712. The van der Waals surface area contributed by atoms with Crippen LogP contribution in [0.3, 0.4) is 0 Å². The molecule has 0 radical (unpaired) electrons. The van der Waals surface area contributed by atoms with E-state index >= 15 is 0 Å². The second-order valence-electron chi connectivity index (χ2n) is 7.49. The number of nitrogens with one attached hydrogen (secondary N) is 1. The summed E-state index contributed by atoms with van der Waals surface area (Å²) < 4.78 is 15.0. The Balaban J connectivity index is 1.56. The fourth-order valence-corrected chi connectivity index (χ4v) is 4.94. The molecule has 0 unspecified atom stereocenters. The molecule has 1 N–H and O–H groups in total. The second kappa shape index (κ2) is 7.94. The second-order valence-corrected chi connectivity index (χ2v) is 8.52. The van der Waals surface area contributed by atoms with Gasteiger partial charge in [0.2, 0.25) is 5.91 Å². The van der Waals surface area contributed by atoms with Crippen molar-refractivity contribution in [2.45, 2.75) is 39.3 Å². The van der Waals surface area contributed by atoms with Crippen molar-refractivity contribution in [3.05, 3.63) is 52.3 Å². The van der Waals surface area contributed by atoms with E-state index < -0.39 is 0 Å². The van der Waals surface area contributed by atoms with E-state index in [1.807, 2.05) is 22.6 Å². The van der Waals surface area contributed by atoms with Gasteiger partial charge in [0.05, 0.1) is 17.1 Å². The van der Waals surface area contributed by atoms with Crippen molar-refractivity contribution < 1.29 is 14.0 Å². The summed E-state index contributed by atoms with van der Waals surface area (Å²) in [4.78, 5) is 27.8. The van der Waals surface area contributed by atoms with Gasteiger partial charge in [-0.2, -0.15) is 5.10 Å². The van der Waals surface area contributed by atoms with Gasteiger partial charge in [-0.3, -0.25) is 14.3 Å². The molecule has 0 saturated carbocycles. The van der Waals surface area contributed by atoms with Gasteiger partial charge in [0.15, 0.2) is 0 Å². The number of aromatic nitrogens is 2. The molecule has 1 atom stereocenters. The van der Waals surface area contributed by atoms with Crippen LogP contribution in [0, 0.1) is 12.7 Å². The molecule has 2 amide bonds. The minimum Gasteiger partial charge on any atom is -0.352 e. The maximum Gasteiger partial charge on any atom is 0.264 e. The molecule has 3 aromatic rings. The Morgan fingerprint density at radius 1 is 1.31 bits per heavy atom. The molecular formula is C21H23FN4O2S. The van der Waals surface area contributed by atoms with Crippen molar-refractivity contribution in [3.8, 4) is 0 Å². The summed E-state index contributed by atoms with van der Waals surface area (Å²) >= 11 is 1.43. The third kappa shape index (κ3) is 4.17. The number of nitrogens with zero attached hydrogens (tertiary/aromatic N) is 3. The first-order valence-electron chi connectivity index (χ1n) is 9.68. The number of benzene rings is 1. The molecule has 3 heterocycles. The Morgan fingerprint density at radius 3 is 2.79 bits per heavy atom. The molecule has 2 aromatic heterocycles. The third-order valence-electron chi connectivity index (χ3n) is 5.18. The van der Waals surface area contributed by atoms with Crippen molar-refractivity contribution in [2.75, 3.05) is 13.1 Å². The number of carbonyl (C=O) groups excluding carboxylic acids is 2. The number of thiophene rings is 1. The molecule has 4 rings (SSSR count). The number of amides is 2. The largest absolute Gasteiger partial charge is 0.352 e. The summed E-state index contributed by atoms with van der Waals surface area (Å²) in [5, 5.41) is 8.47. The first kappa shape index (κ1) is 19.6. The predicted molar refractivity (Wildman–Crippen MR) is 111 cm³/mol. The van der Waals surface area contributed by atoms with Crippen LogP contribution in [0.15, 0.2) is 30.3 Å². The van der Waals surface area contributed by atoms with Crippen molar-refractivity contribution in [2.24, 2.45) is 0 Å². The van der Waals surface area contributed by atoms with Crippen LogP contribution < -0.4 is 5.32 Å². The van der Waals surface area contributed by atoms with Crippen molar-refractivity contribution >= 4 is 33.4 Å². The highest BCUT2D eigenvalue weighted by molar-refractivity contribution is 7.20. The minimum atomic E-state index is -0.265. The van der Waals surface area contributed by atoms with Gasteiger partial charge in [-0.1, -0.05) is 12.1 Å². The Kier molecular flexibility index (Phi) is 5.36. The number of hydrogen-bond acceptors (Lipinski definition) is 4. The first-order valence-corrected chi connectivity index (χ1v) is 10.5. The molecule has 29 heavy (non-hydrogen) atoms. The summed E-state index contributed by atoms with van der Waals surface area (Å²) in [5.41, 5.74) is 1.82. The average Bonchev–Trinajstić information content (AvgIpc) is 3.24. The third-order valence-corrected chi connectivity index (χ3v) is 6.32. The van der Waals surface area contributed by atoms with Gasteiger partial charge in [0, 0.05) is 31.4 Å². The first-order chi connectivity index (χ1) is 13.9. The van der Waals surface area contributed by atoms with Gasteiger partial charge in [-0.25, -0.2) is 4.39 Å². The fraction of sp³-hybridized carbons (Fsp3) is 0.381. The van der Waals surface area contributed by atoms with Crippen LogP contribution >= 0.6 is 11.3 Å². The van der Waals surface area contributed by atoms with Crippen LogP contribution in [0.25, 0.3) is 10.2 Å². The van der Waals surface area contributed by atoms with E-state index in [9.17, 15) is 14.0 Å². The zero-order chi connectivity index (χ0) is 20.5. The molecule has 0 aliphatic carbocycles. The molecule has 6 nitrogen and oxygen atoms in total. The molecule has 1 saturated heterocycles. The van der Waals surface area contributed by atoms with Crippen LogP contribution in [0.2, 0.25) is 0 Å². The van der Waals surface area contributed by atoms with E-state index in [0.29, 0.717) is 24.5 Å². The van der Waals surface area contributed by atoms with E-state index in [4.69, 9.17) is 0 Å². The van der Waals surface area contributed by atoms with Gasteiger partial charge >= 0.3 is 0 Å². The van der Waals surface area contributed by atoms with Crippen molar-refractivity contribution in [1.29, 1.82) is 0 Å². The summed E-state index contributed by atoms with van der Waals surface area (Å²) in [7, 11) is 0. The SMILES string of the molecule is CC(=O)N[C@H]1CCCN(C(=O)c2cc3c(C)nn(Cc4ccc(F)cc4)c3s2)C1. The number of hydrogen-bond donors (Lipinski definition) is 1. The summed E-state index contributed by atoms with van der Waals surface area (Å²) in [6.07, 6.45) is 1.76. The number of likely N-dealkylation sites (tertiary alicyclic amines) is 1. The standard InChI is InChI=1S/C21H23FN4O2S/c1-13-18-10-19(20(28)25-9-3-4-17(12-25)23-14(2)27)29-21(18)26(24-13)11-15-5-7-16(22)8-6-15/h5-8,10,17H,3-4,9,11-12H2,1-2H3,(H,23,27)/t17-/m0/s1. The van der Waals surface area contributed by atoms with Gasteiger partial charge < -0.3 is 10.2 Å². The normalized spacial score (nSPS) is 16.9. The van der Waals surface area contributed by atoms with Crippen LogP contribution in [0.4, 0.5) is 4.39 Å². The van der Waals surface area contributed by atoms with Crippen LogP contribution in [-0.4, -0.2) is 45.6 Å². The maximum atomic E-state index is 13.2. The molecule has 152 valence electrons. The van der Waals surface area contributed by atoms with Gasteiger partial charge in [-0.05, 0) is 43.5 Å². The lowest BCUT2D eigenvalue weighted by molar-refractivity contribution is -0.120. The predicted octanol–water partition coefficient (Wildman–Crippen LogP) is 3.33. The molecule has 0 spiro atoms. The smallest absolute Gasteiger partial charge is 0.264 e. The molecule has 0 bridgehead atoms. The lowest BCUT2D eigenvalue weighted by atomic mass is 10.1. The number of halogens is 1. The highest BCUT2D eigenvalue weighted by Gasteiger charge is 2.27. The van der Waals surface area contributed by atoms with E-state index in [0.717, 1.165) is 34.3 Å². The van der Waals surface area contributed by atoms with Crippen LogP contribution in [0.1, 0.15) is 40.7 Å². The number of piperidine rings is 1. The maximum absolute atomic E-state index is 13.2. The van der Waals surface area contributed by atoms with Gasteiger partial charge in [-0.15, -0.1) is 11.3 Å². The lowest BCUT2D eigenvalue weighted by Gasteiger charge is -2.32. The highest BCUT2D eigenvalue weighted by Crippen LogP contribution is 2.30. The molecule has 1 fully saturated rings. The summed E-state index contributed by atoms with van der Waals surface area (Å²) in [6, 6.07) is 8.28. The van der Waals surface area contributed by atoms with Gasteiger partial charge in [0.25, 0.3) is 5.91 Å². The number of aryl methyl sites for hydroxylation is 1. The molecule has 1 aliphatic rings. The number of carbonyl (C=O) groups is 2. The van der Waals surface area contributed by atoms with E-state index in [1.54, 1.807) is 12.1 Å². The topological polar surface area (TPSA) is 67.2 Å². The minimum absolute atomic E-state index is 0.00557. The highest BCUT2D eigenvalue weighted by atomic mass is 32.1. The zero-order valence-electron chi connectivity index (χ0n) is 16.4. The molecular weight excluding hydrogens is 391 g/mol. The Labute approximate surface area is 172 Å². The number of fused-ring (bicyclic) bond motifs is 1. The summed E-state index contributed by atoms with van der Waals surface area (Å²) in [6.45, 7) is 5.19. The Bertz CT molecular complexity index is 1060. The lowest BCUT2D eigenvalue weighted by Crippen LogP contribution is -2.49. The molecule has 1 aromatic carbocycles. The molecule has 1 aliphatic heterocycles. The summed E-state index contributed by atoms with van der Waals surface area (Å²) in [5.74, 6) is -0.338. The van der Waals surface area contributed by atoms with Crippen molar-refractivity contribution in [3.63, 3.8) is 0 Å². The average molecular weight is 415 g/mol. The van der Waals surface area contributed by atoms with Crippen molar-refractivity contribution in [1.82, 2.24) is 20.0 Å². The van der Waals surface area contributed by atoms with Crippen LogP contribution in [-0.2, 0) is 11.3 Å². The van der Waals surface area contributed by atoms with E-state index in [2.05, 4.69) is 10.4 Å². The Morgan fingerprint density at radius 2 is 2.07 bits per heavy atom. The zero-order valence-corrected chi connectivity index (χ0v) is 17.3. The fourth-order valence-electron chi connectivity index (χ4n) is 3.81. The number of rotatable bonds is 4. The van der Waals surface area contributed by atoms with E-state index in [-0.39, 0.29) is 23.7 Å². The molecule has 8 heteroatoms. The van der Waals surface area contributed by atoms with E-state index in [1.165, 1.54) is 30.4 Å². The van der Waals surface area contributed by atoms with Crippen LogP contribution in [0.5, 0.6) is 0 Å². The van der Waals surface area contributed by atoms with Gasteiger partial charge in [0.1, 0.15) is 10.6 Å². The Hall–Kier alpha value is -2.74.